The molecule has 0 saturated carbocycles. The molecule has 194 valence electrons. The molecule has 0 unspecified atom stereocenters. The largest absolute Gasteiger partial charge is 0.457 e. The van der Waals surface area contributed by atoms with Gasteiger partial charge in [0.25, 0.3) is 0 Å². The fraction of sp³-hybridized carbons (Fsp3) is 0.167. The SMILES string of the molecule is FC(F)(F)C1(c2ccc(Oc3ccc4ncc(Oc5ccc(C6(C(F)(F)F)NN6)cc5)nc4c3)cc2)N=N1. The van der Waals surface area contributed by atoms with Crippen LogP contribution in [0.4, 0.5) is 26.3 Å². The average molecular weight is 532 g/mol. The molecule has 6 rings (SSSR count). The maximum atomic E-state index is 13.2. The second-order valence-electron chi connectivity index (χ2n) is 8.48. The van der Waals surface area contributed by atoms with Crippen molar-refractivity contribution in [3.05, 3.63) is 84.1 Å². The van der Waals surface area contributed by atoms with Crippen molar-refractivity contribution >= 4 is 11.0 Å². The van der Waals surface area contributed by atoms with Gasteiger partial charge in [-0.3, -0.25) is 0 Å². The summed E-state index contributed by atoms with van der Waals surface area (Å²) in [4.78, 5) is 8.61. The van der Waals surface area contributed by atoms with Gasteiger partial charge in [0.1, 0.15) is 17.2 Å². The normalized spacial score (nSPS) is 17.3. The first-order chi connectivity index (χ1) is 18.0. The monoisotopic (exact) mass is 532 g/mol. The lowest BCUT2D eigenvalue weighted by molar-refractivity contribution is -0.166. The summed E-state index contributed by atoms with van der Waals surface area (Å²) in [5.74, 6) is 0.963. The third kappa shape index (κ3) is 4.07. The summed E-state index contributed by atoms with van der Waals surface area (Å²) in [5.41, 5.74) is 0.247. The van der Waals surface area contributed by atoms with Crippen molar-refractivity contribution in [2.45, 2.75) is 23.7 Å². The van der Waals surface area contributed by atoms with E-state index < -0.39 is 23.7 Å². The first-order valence-electron chi connectivity index (χ1n) is 10.9. The molecule has 0 spiro atoms. The van der Waals surface area contributed by atoms with Gasteiger partial charge in [-0.2, -0.15) is 26.3 Å². The highest BCUT2D eigenvalue weighted by Gasteiger charge is 2.66. The molecule has 1 aromatic heterocycles. The van der Waals surface area contributed by atoms with Crippen LogP contribution in [0.3, 0.4) is 0 Å². The molecule has 2 N–H and O–H groups in total. The maximum Gasteiger partial charge on any atom is 0.442 e. The number of rotatable bonds is 6. The van der Waals surface area contributed by atoms with Gasteiger partial charge in [-0.25, -0.2) is 20.8 Å². The van der Waals surface area contributed by atoms with Crippen LogP contribution < -0.4 is 20.3 Å². The Morgan fingerprint density at radius 3 is 1.76 bits per heavy atom. The summed E-state index contributed by atoms with van der Waals surface area (Å²) in [5, 5.41) is 6.34. The van der Waals surface area contributed by atoms with Gasteiger partial charge in [0.2, 0.25) is 11.5 Å². The molecule has 2 aliphatic rings. The highest BCUT2D eigenvalue weighted by molar-refractivity contribution is 5.76. The van der Waals surface area contributed by atoms with Crippen LogP contribution in [0.5, 0.6) is 23.1 Å². The topological polar surface area (TPSA) is 113 Å². The predicted octanol–water partition coefficient (Wildman–Crippen LogP) is 6.22. The summed E-state index contributed by atoms with van der Waals surface area (Å²) < 4.78 is 90.6. The third-order valence-corrected chi connectivity index (χ3v) is 5.99. The van der Waals surface area contributed by atoms with Gasteiger partial charge >= 0.3 is 18.0 Å². The Morgan fingerprint density at radius 1 is 0.632 bits per heavy atom. The minimum Gasteiger partial charge on any atom is -0.457 e. The van der Waals surface area contributed by atoms with Crippen molar-refractivity contribution in [2.75, 3.05) is 0 Å². The minimum absolute atomic E-state index is 0.0220. The Labute approximate surface area is 209 Å². The second kappa shape index (κ2) is 8.10. The summed E-state index contributed by atoms with van der Waals surface area (Å²) in [6.45, 7) is 0. The number of hydrogen-bond acceptors (Lipinski definition) is 8. The molecule has 0 amide bonds. The maximum absolute atomic E-state index is 13.2. The van der Waals surface area contributed by atoms with Crippen molar-refractivity contribution in [1.29, 1.82) is 0 Å². The summed E-state index contributed by atoms with van der Waals surface area (Å²) in [6, 6.07) is 15.4. The average Bonchev–Trinajstić information content (AvgIpc) is 3.78. The van der Waals surface area contributed by atoms with Crippen LogP contribution in [0.1, 0.15) is 11.1 Å². The lowest BCUT2D eigenvalue weighted by atomic mass is 10.0. The molecule has 3 aromatic carbocycles. The lowest BCUT2D eigenvalue weighted by Crippen LogP contribution is -2.34. The molecule has 4 aromatic rings. The van der Waals surface area contributed by atoms with E-state index in [9.17, 15) is 26.3 Å². The zero-order chi connectivity index (χ0) is 26.8. The van der Waals surface area contributed by atoms with Crippen LogP contribution in [-0.4, -0.2) is 22.3 Å². The first-order valence-corrected chi connectivity index (χ1v) is 10.9. The predicted molar refractivity (Wildman–Crippen MR) is 119 cm³/mol. The third-order valence-electron chi connectivity index (χ3n) is 5.99. The zero-order valence-electron chi connectivity index (χ0n) is 18.8. The number of fused-ring (bicyclic) bond motifs is 1. The van der Waals surface area contributed by atoms with E-state index in [0.717, 1.165) is 0 Å². The number of hydrazine groups is 1. The quantitative estimate of drug-likeness (QED) is 0.225. The van der Waals surface area contributed by atoms with Crippen molar-refractivity contribution in [3.8, 4) is 23.1 Å². The smallest absolute Gasteiger partial charge is 0.442 e. The fourth-order valence-electron chi connectivity index (χ4n) is 3.83. The van der Waals surface area contributed by atoms with E-state index in [1.807, 2.05) is 0 Å². The van der Waals surface area contributed by atoms with E-state index in [1.165, 1.54) is 54.7 Å². The van der Waals surface area contributed by atoms with E-state index >= 15 is 0 Å². The van der Waals surface area contributed by atoms with Crippen molar-refractivity contribution in [3.63, 3.8) is 0 Å². The van der Waals surface area contributed by atoms with Crippen LogP contribution in [0.15, 0.2) is 83.2 Å². The molecule has 0 radical (unpaired) electrons. The molecular formula is C24H14F6N6O2. The van der Waals surface area contributed by atoms with E-state index in [-0.39, 0.29) is 28.5 Å². The van der Waals surface area contributed by atoms with Gasteiger partial charge in [0.05, 0.1) is 17.2 Å². The standard InChI is InChI=1S/C24H14F6N6O2/c25-23(26,27)21(33-34-21)13-1-5-15(6-2-13)37-17-9-10-18-19(11-17)32-20(12-31-18)38-16-7-3-14(4-8-16)22(35-36-22)24(28,29)30/h1-12,35-36H. The van der Waals surface area contributed by atoms with Crippen molar-refractivity contribution in [1.82, 2.24) is 20.8 Å². The van der Waals surface area contributed by atoms with Gasteiger partial charge in [-0.1, -0.05) is 24.3 Å². The number of aromatic nitrogens is 2. The Hall–Kier alpha value is -4.30. The Balaban J connectivity index is 1.17. The molecule has 38 heavy (non-hydrogen) atoms. The number of benzene rings is 3. The van der Waals surface area contributed by atoms with Crippen LogP contribution >= 0.6 is 0 Å². The molecule has 2 aliphatic heterocycles. The van der Waals surface area contributed by atoms with Gasteiger partial charge in [0, 0.05) is 11.6 Å². The highest BCUT2D eigenvalue weighted by atomic mass is 19.4. The van der Waals surface area contributed by atoms with Crippen LogP contribution in [0.25, 0.3) is 11.0 Å². The molecule has 0 bridgehead atoms. The minimum atomic E-state index is -4.62. The summed E-state index contributed by atoms with van der Waals surface area (Å²) in [7, 11) is 0. The molecule has 1 saturated heterocycles. The Morgan fingerprint density at radius 2 is 1.21 bits per heavy atom. The van der Waals surface area contributed by atoms with Crippen molar-refractivity contribution in [2.24, 2.45) is 10.2 Å². The number of nitrogens with one attached hydrogen (secondary N) is 2. The van der Waals surface area contributed by atoms with E-state index in [4.69, 9.17) is 9.47 Å². The second-order valence-corrected chi connectivity index (χ2v) is 8.48. The molecule has 14 heteroatoms. The molecule has 0 atom stereocenters. The Kier molecular flexibility index (Phi) is 5.13. The molecule has 1 fully saturated rings. The summed E-state index contributed by atoms with van der Waals surface area (Å²) in [6.07, 6.45) is -7.78. The first kappa shape index (κ1) is 24.1. The van der Waals surface area contributed by atoms with Gasteiger partial charge in [0.15, 0.2) is 0 Å². The van der Waals surface area contributed by atoms with E-state index in [2.05, 4.69) is 31.0 Å². The van der Waals surface area contributed by atoms with Gasteiger partial charge < -0.3 is 9.47 Å². The van der Waals surface area contributed by atoms with Crippen molar-refractivity contribution < 1.29 is 35.8 Å². The zero-order valence-corrected chi connectivity index (χ0v) is 18.8. The van der Waals surface area contributed by atoms with Crippen LogP contribution in [-0.2, 0) is 11.3 Å². The lowest BCUT2D eigenvalue weighted by Gasteiger charge is -2.16. The highest BCUT2D eigenvalue weighted by Crippen LogP contribution is 2.52. The molecule has 0 aliphatic carbocycles. The van der Waals surface area contributed by atoms with Gasteiger partial charge in [-0.15, -0.1) is 10.2 Å². The number of alkyl halides is 6. The number of hydrogen-bond donors (Lipinski definition) is 2. The van der Waals surface area contributed by atoms with Crippen LogP contribution in [0, 0.1) is 0 Å². The Bertz CT molecular complexity index is 1450. The van der Waals surface area contributed by atoms with Crippen LogP contribution in [0.2, 0.25) is 0 Å². The molecule has 8 nitrogen and oxygen atoms in total. The fourth-order valence-corrected chi connectivity index (χ4v) is 3.83. The summed E-state index contributed by atoms with van der Waals surface area (Å²) >= 11 is 0. The van der Waals surface area contributed by atoms with Gasteiger partial charge in [-0.05, 0) is 42.0 Å². The number of halogens is 6. The number of nitrogens with zero attached hydrogens (tertiary/aromatic N) is 4. The molecule has 3 heterocycles. The van der Waals surface area contributed by atoms with E-state index in [1.54, 1.807) is 18.2 Å². The molecular weight excluding hydrogens is 518 g/mol. The van der Waals surface area contributed by atoms with E-state index in [0.29, 0.717) is 16.8 Å². The number of ether oxygens (including phenoxy) is 2.